The molecule has 29 heavy (non-hydrogen) atoms. The number of phenols is 1. The van der Waals surface area contributed by atoms with Crippen molar-refractivity contribution in [2.75, 3.05) is 14.2 Å². The summed E-state index contributed by atoms with van der Waals surface area (Å²) in [5.74, 6) is 1.28. The summed E-state index contributed by atoms with van der Waals surface area (Å²) in [6.45, 7) is 0. The molecule has 3 heterocycles. The van der Waals surface area contributed by atoms with Gasteiger partial charge in [0.1, 0.15) is 22.8 Å². The molecule has 0 saturated carbocycles. The van der Waals surface area contributed by atoms with Crippen LogP contribution in [-0.2, 0) is 6.42 Å². The Kier molecular flexibility index (Phi) is 4.13. The van der Waals surface area contributed by atoms with Crippen LogP contribution in [0.4, 0.5) is 0 Å². The lowest BCUT2D eigenvalue weighted by Crippen LogP contribution is -1.95. The zero-order valence-electron chi connectivity index (χ0n) is 15.7. The van der Waals surface area contributed by atoms with Crippen LogP contribution in [0.5, 0.6) is 16.7 Å². The van der Waals surface area contributed by atoms with Gasteiger partial charge in [0.25, 0.3) is 5.19 Å². The number of ether oxygens (including phenoxy) is 2. The Labute approximate surface area is 169 Å². The first-order chi connectivity index (χ1) is 14.2. The summed E-state index contributed by atoms with van der Waals surface area (Å²) in [4.78, 5) is 5.05. The second kappa shape index (κ2) is 6.82. The molecule has 146 valence electrons. The molecule has 0 unspecified atom stereocenters. The van der Waals surface area contributed by atoms with Gasteiger partial charge in [-0.2, -0.15) is 4.52 Å². The number of furan rings is 1. The lowest BCUT2D eigenvalue weighted by Gasteiger charge is -2.11. The highest BCUT2D eigenvalue weighted by Crippen LogP contribution is 2.41. The molecule has 0 spiro atoms. The number of aromatic hydroxyl groups is 1. The number of methoxy groups -OCH3 is 2. The monoisotopic (exact) mass is 407 g/mol. The van der Waals surface area contributed by atoms with Gasteiger partial charge in [0.15, 0.2) is 5.76 Å². The van der Waals surface area contributed by atoms with Crippen molar-refractivity contribution in [2.24, 2.45) is 0 Å². The second-order valence-corrected chi connectivity index (χ2v) is 7.42. The maximum absolute atomic E-state index is 11.0. The SMILES string of the molecule is COc1nn2c(-c3cc4c(O)c(Cc5ccccc5)c(OC)cc4o3)cnc2s1. The molecule has 0 aliphatic heterocycles. The molecule has 3 aromatic heterocycles. The molecule has 0 bridgehead atoms. The Morgan fingerprint density at radius 3 is 2.72 bits per heavy atom. The zero-order valence-corrected chi connectivity index (χ0v) is 16.6. The fraction of sp³-hybridized carbons (Fsp3) is 0.143. The normalized spacial score (nSPS) is 11.4. The Bertz CT molecular complexity index is 1320. The lowest BCUT2D eigenvalue weighted by atomic mass is 10.0. The van der Waals surface area contributed by atoms with E-state index in [2.05, 4.69) is 10.1 Å². The van der Waals surface area contributed by atoms with Crippen molar-refractivity contribution >= 4 is 27.3 Å². The number of hydrogen-bond acceptors (Lipinski definition) is 7. The van der Waals surface area contributed by atoms with E-state index >= 15 is 0 Å². The number of rotatable bonds is 5. The highest BCUT2D eigenvalue weighted by Gasteiger charge is 2.20. The van der Waals surface area contributed by atoms with Gasteiger partial charge in [-0.15, -0.1) is 5.10 Å². The number of phenolic OH excluding ortho intramolecular Hbond substituents is 1. The summed E-state index contributed by atoms with van der Waals surface area (Å²) >= 11 is 1.34. The van der Waals surface area contributed by atoms with Crippen molar-refractivity contribution in [3.8, 4) is 28.1 Å². The number of imidazole rings is 1. The van der Waals surface area contributed by atoms with Gasteiger partial charge in [0.2, 0.25) is 4.96 Å². The van der Waals surface area contributed by atoms with E-state index in [-0.39, 0.29) is 5.75 Å². The Hall–Kier alpha value is -3.52. The molecule has 8 heteroatoms. The van der Waals surface area contributed by atoms with E-state index in [0.29, 0.717) is 50.3 Å². The molecule has 0 saturated heterocycles. The van der Waals surface area contributed by atoms with E-state index in [9.17, 15) is 5.11 Å². The van der Waals surface area contributed by atoms with E-state index in [0.717, 1.165) is 5.56 Å². The van der Waals surface area contributed by atoms with E-state index < -0.39 is 0 Å². The van der Waals surface area contributed by atoms with Crippen LogP contribution >= 0.6 is 11.3 Å². The largest absolute Gasteiger partial charge is 0.507 e. The summed E-state index contributed by atoms with van der Waals surface area (Å²) in [6, 6.07) is 13.5. The molecule has 1 N–H and O–H groups in total. The number of fused-ring (bicyclic) bond motifs is 2. The van der Waals surface area contributed by atoms with Gasteiger partial charge in [-0.3, -0.25) is 0 Å². The maximum atomic E-state index is 11.0. The van der Waals surface area contributed by atoms with Crippen molar-refractivity contribution in [1.29, 1.82) is 0 Å². The smallest absolute Gasteiger partial charge is 0.294 e. The fourth-order valence-corrected chi connectivity index (χ4v) is 4.08. The quantitative estimate of drug-likeness (QED) is 0.461. The molecule has 0 atom stereocenters. The molecule has 0 aliphatic rings. The predicted molar refractivity (Wildman–Crippen MR) is 110 cm³/mol. The first-order valence-corrected chi connectivity index (χ1v) is 9.75. The minimum Gasteiger partial charge on any atom is -0.507 e. The van der Waals surface area contributed by atoms with Crippen LogP contribution in [0.25, 0.3) is 27.4 Å². The van der Waals surface area contributed by atoms with Gasteiger partial charge in [0.05, 0.1) is 25.8 Å². The third kappa shape index (κ3) is 2.89. The van der Waals surface area contributed by atoms with E-state index in [1.54, 1.807) is 37.1 Å². The Balaban J connectivity index is 1.64. The van der Waals surface area contributed by atoms with Crippen molar-refractivity contribution in [1.82, 2.24) is 14.6 Å². The van der Waals surface area contributed by atoms with E-state index in [1.165, 1.54) is 11.3 Å². The van der Waals surface area contributed by atoms with Gasteiger partial charge < -0.3 is 19.0 Å². The zero-order chi connectivity index (χ0) is 20.0. The average Bonchev–Trinajstić information content (AvgIpc) is 3.44. The molecule has 5 aromatic rings. The predicted octanol–water partition coefficient (Wildman–Crippen LogP) is 4.52. The molecule has 0 amide bonds. The minimum absolute atomic E-state index is 0.148. The van der Waals surface area contributed by atoms with Crippen molar-refractivity contribution in [3.63, 3.8) is 0 Å². The molecule has 7 nitrogen and oxygen atoms in total. The molecule has 2 aromatic carbocycles. The molecular weight excluding hydrogens is 390 g/mol. The topological polar surface area (TPSA) is 82.0 Å². The molecule has 5 rings (SSSR count). The van der Waals surface area contributed by atoms with Crippen LogP contribution in [0.1, 0.15) is 11.1 Å². The molecule has 0 fully saturated rings. The standard InChI is InChI=1S/C21H17N3O4S/c1-26-16-10-17-14(19(25)13(16)8-12-6-4-3-5-7-12)9-18(28-17)15-11-22-20-24(15)23-21(27-2)29-20/h3-7,9-11,25H,8H2,1-2H3. The van der Waals surface area contributed by atoms with Crippen molar-refractivity contribution < 1.29 is 19.0 Å². The summed E-state index contributed by atoms with van der Waals surface area (Å²) in [7, 11) is 3.15. The first kappa shape index (κ1) is 17.6. The third-order valence-corrected chi connectivity index (χ3v) is 5.68. The van der Waals surface area contributed by atoms with Crippen molar-refractivity contribution in [3.05, 3.63) is 59.8 Å². The summed E-state index contributed by atoms with van der Waals surface area (Å²) < 4.78 is 18.4. The lowest BCUT2D eigenvalue weighted by molar-refractivity contribution is 0.402. The van der Waals surface area contributed by atoms with E-state index in [4.69, 9.17) is 13.9 Å². The number of hydrogen-bond donors (Lipinski definition) is 1. The number of aromatic nitrogens is 3. The maximum Gasteiger partial charge on any atom is 0.294 e. The molecule has 0 aliphatic carbocycles. The highest BCUT2D eigenvalue weighted by molar-refractivity contribution is 7.18. The van der Waals surface area contributed by atoms with Crippen LogP contribution in [0.2, 0.25) is 0 Å². The van der Waals surface area contributed by atoms with Gasteiger partial charge in [-0.25, -0.2) is 4.98 Å². The van der Waals surface area contributed by atoms with Gasteiger partial charge in [-0.05, 0) is 23.0 Å². The minimum atomic E-state index is 0.148. The van der Waals surface area contributed by atoms with Gasteiger partial charge in [0, 0.05) is 18.1 Å². The fourth-order valence-electron chi connectivity index (χ4n) is 3.39. The van der Waals surface area contributed by atoms with Gasteiger partial charge in [-0.1, -0.05) is 30.3 Å². The summed E-state index contributed by atoms with van der Waals surface area (Å²) in [5, 5.41) is 16.5. The summed E-state index contributed by atoms with van der Waals surface area (Å²) in [6.07, 6.45) is 2.24. The molecular formula is C21H17N3O4S. The van der Waals surface area contributed by atoms with Crippen LogP contribution in [0.3, 0.4) is 0 Å². The van der Waals surface area contributed by atoms with Crippen LogP contribution in [-0.4, -0.2) is 33.9 Å². The number of nitrogens with zero attached hydrogens (tertiary/aromatic N) is 3. The van der Waals surface area contributed by atoms with E-state index in [1.807, 2.05) is 30.3 Å². The van der Waals surface area contributed by atoms with Crippen LogP contribution in [0.15, 0.2) is 53.1 Å². The highest BCUT2D eigenvalue weighted by atomic mass is 32.1. The first-order valence-electron chi connectivity index (χ1n) is 8.93. The number of benzene rings is 2. The third-order valence-electron chi connectivity index (χ3n) is 4.80. The molecule has 0 radical (unpaired) electrons. The Morgan fingerprint density at radius 2 is 1.97 bits per heavy atom. The Morgan fingerprint density at radius 1 is 1.14 bits per heavy atom. The average molecular weight is 407 g/mol. The van der Waals surface area contributed by atoms with Crippen LogP contribution in [0, 0.1) is 0 Å². The summed E-state index contributed by atoms with van der Waals surface area (Å²) in [5.41, 5.74) is 3.01. The van der Waals surface area contributed by atoms with Crippen molar-refractivity contribution in [2.45, 2.75) is 6.42 Å². The second-order valence-electron chi connectivity index (χ2n) is 6.50. The van der Waals surface area contributed by atoms with Gasteiger partial charge >= 0.3 is 0 Å². The van der Waals surface area contributed by atoms with Crippen LogP contribution < -0.4 is 9.47 Å².